The van der Waals surface area contributed by atoms with Crippen LogP contribution in [0.4, 0.5) is 0 Å². The first-order valence-electron chi connectivity index (χ1n) is 8.35. The molecule has 1 fully saturated rings. The molecule has 1 unspecified atom stereocenters. The summed E-state index contributed by atoms with van der Waals surface area (Å²) in [6, 6.07) is 0.628. The minimum atomic E-state index is 0.628. The lowest BCUT2D eigenvalue weighted by molar-refractivity contribution is 0.296. The lowest BCUT2D eigenvalue weighted by Crippen LogP contribution is -2.34. The highest BCUT2D eigenvalue weighted by Gasteiger charge is 2.20. The van der Waals surface area contributed by atoms with Crippen LogP contribution in [0.15, 0.2) is 0 Å². The van der Waals surface area contributed by atoms with Crippen LogP contribution in [0.3, 0.4) is 0 Å². The van der Waals surface area contributed by atoms with Crippen molar-refractivity contribution in [3.63, 3.8) is 0 Å². The third-order valence-corrected chi connectivity index (χ3v) is 5.61. The predicted molar refractivity (Wildman–Crippen MR) is 88.6 cm³/mol. The molecule has 0 saturated heterocycles. The van der Waals surface area contributed by atoms with Crippen molar-refractivity contribution in [1.29, 1.82) is 0 Å². The fourth-order valence-electron chi connectivity index (χ4n) is 3.25. The molecule has 1 aromatic rings. The minimum Gasteiger partial charge on any atom is -0.314 e. The summed E-state index contributed by atoms with van der Waals surface area (Å²) in [5.41, 5.74) is 1.22. The van der Waals surface area contributed by atoms with Crippen LogP contribution in [0.1, 0.15) is 67.4 Å². The molecule has 0 aliphatic heterocycles. The van der Waals surface area contributed by atoms with Crippen molar-refractivity contribution in [2.45, 2.75) is 78.2 Å². The molecule has 20 heavy (non-hydrogen) atoms. The highest BCUT2D eigenvalue weighted by Crippen LogP contribution is 2.28. The van der Waals surface area contributed by atoms with E-state index in [9.17, 15) is 0 Å². The second kappa shape index (κ2) is 8.14. The van der Waals surface area contributed by atoms with E-state index in [4.69, 9.17) is 4.98 Å². The number of hydrogen-bond acceptors (Lipinski definition) is 3. The normalized spacial score (nSPS) is 18.4. The Kier molecular flexibility index (Phi) is 6.50. The second-order valence-electron chi connectivity index (χ2n) is 6.34. The third kappa shape index (κ3) is 4.85. The summed E-state index contributed by atoms with van der Waals surface area (Å²) >= 11 is 1.89. The number of hydrogen-bond donors (Lipinski definition) is 1. The molecule has 0 radical (unpaired) electrons. The number of nitrogens with one attached hydrogen (secondary N) is 1. The van der Waals surface area contributed by atoms with Crippen molar-refractivity contribution in [1.82, 2.24) is 10.3 Å². The van der Waals surface area contributed by atoms with Gasteiger partial charge in [0.05, 0.1) is 10.7 Å². The molecule has 2 nitrogen and oxygen atoms in total. The first-order chi connectivity index (χ1) is 9.69. The minimum absolute atomic E-state index is 0.628. The van der Waals surface area contributed by atoms with E-state index in [1.54, 1.807) is 0 Å². The molecule has 0 bridgehead atoms. The summed E-state index contributed by atoms with van der Waals surface area (Å²) in [5, 5.41) is 5.08. The Balaban J connectivity index is 1.91. The van der Waals surface area contributed by atoms with E-state index in [1.807, 2.05) is 11.3 Å². The highest BCUT2D eigenvalue weighted by molar-refractivity contribution is 7.11. The van der Waals surface area contributed by atoms with Gasteiger partial charge in [-0.3, -0.25) is 0 Å². The SMILES string of the molecule is CCCNC(Cc1nc(C)c(C)s1)CC1CCCCC1. The molecule has 2 rings (SSSR count). The van der Waals surface area contributed by atoms with Gasteiger partial charge in [0.25, 0.3) is 0 Å². The molecule has 3 heteroatoms. The molecule has 1 heterocycles. The maximum Gasteiger partial charge on any atom is 0.0946 e. The van der Waals surface area contributed by atoms with E-state index in [2.05, 4.69) is 26.1 Å². The summed E-state index contributed by atoms with van der Waals surface area (Å²) in [6.07, 6.45) is 10.9. The molecule has 1 aliphatic rings. The predicted octanol–water partition coefficient (Wildman–Crippen LogP) is 4.64. The van der Waals surface area contributed by atoms with Gasteiger partial charge in [-0.15, -0.1) is 11.3 Å². The van der Waals surface area contributed by atoms with E-state index in [-0.39, 0.29) is 0 Å². The Labute approximate surface area is 128 Å². The Hall–Kier alpha value is -0.410. The molecule has 1 N–H and O–H groups in total. The fourth-order valence-corrected chi connectivity index (χ4v) is 4.26. The van der Waals surface area contributed by atoms with E-state index in [1.165, 1.54) is 60.5 Å². The Morgan fingerprint density at radius 2 is 2.00 bits per heavy atom. The van der Waals surface area contributed by atoms with Gasteiger partial charge in [0.15, 0.2) is 0 Å². The average Bonchev–Trinajstić information content (AvgIpc) is 2.76. The lowest BCUT2D eigenvalue weighted by atomic mass is 9.84. The fraction of sp³-hybridized carbons (Fsp3) is 0.824. The Morgan fingerprint density at radius 1 is 1.25 bits per heavy atom. The first kappa shape index (κ1) is 16.0. The molecule has 1 aromatic heterocycles. The summed E-state index contributed by atoms with van der Waals surface area (Å²) in [5.74, 6) is 0.945. The molecule has 1 saturated carbocycles. The smallest absolute Gasteiger partial charge is 0.0946 e. The van der Waals surface area contributed by atoms with E-state index < -0.39 is 0 Å². The summed E-state index contributed by atoms with van der Waals surface area (Å²) in [7, 11) is 0. The molecular weight excluding hydrogens is 264 g/mol. The topological polar surface area (TPSA) is 24.9 Å². The summed E-state index contributed by atoms with van der Waals surface area (Å²) in [4.78, 5) is 6.11. The van der Waals surface area contributed by atoms with Gasteiger partial charge < -0.3 is 5.32 Å². The average molecular weight is 295 g/mol. The summed E-state index contributed by atoms with van der Waals surface area (Å²) < 4.78 is 0. The molecule has 1 aliphatic carbocycles. The zero-order valence-electron chi connectivity index (χ0n) is 13.4. The van der Waals surface area contributed by atoms with E-state index >= 15 is 0 Å². The maximum atomic E-state index is 4.73. The quantitative estimate of drug-likeness (QED) is 0.792. The molecule has 114 valence electrons. The number of nitrogens with zero attached hydrogens (tertiary/aromatic N) is 1. The van der Waals surface area contributed by atoms with Crippen LogP contribution in [0.5, 0.6) is 0 Å². The number of rotatable bonds is 7. The Bertz CT molecular complexity index is 374. The molecular formula is C17H30N2S. The van der Waals surface area contributed by atoms with Crippen molar-refractivity contribution in [2.24, 2.45) is 5.92 Å². The van der Waals surface area contributed by atoms with Gasteiger partial charge in [-0.2, -0.15) is 0 Å². The highest BCUT2D eigenvalue weighted by atomic mass is 32.1. The standard InChI is InChI=1S/C17H30N2S/c1-4-10-18-16(11-15-8-6-5-7-9-15)12-17-19-13(2)14(3)20-17/h15-16,18H,4-12H2,1-3H3. The van der Waals surface area contributed by atoms with E-state index in [0.29, 0.717) is 6.04 Å². The van der Waals surface area contributed by atoms with Crippen LogP contribution in [-0.2, 0) is 6.42 Å². The monoisotopic (exact) mass is 294 g/mol. The van der Waals surface area contributed by atoms with Gasteiger partial charge in [0.2, 0.25) is 0 Å². The second-order valence-corrected chi connectivity index (χ2v) is 7.63. The lowest BCUT2D eigenvalue weighted by Gasteiger charge is -2.27. The van der Waals surface area contributed by atoms with Crippen LogP contribution < -0.4 is 5.32 Å². The molecule has 0 amide bonds. The van der Waals surface area contributed by atoms with Crippen molar-refractivity contribution in [3.05, 3.63) is 15.6 Å². The van der Waals surface area contributed by atoms with Crippen molar-refractivity contribution in [2.75, 3.05) is 6.54 Å². The first-order valence-corrected chi connectivity index (χ1v) is 9.17. The summed E-state index contributed by atoms with van der Waals surface area (Å²) in [6.45, 7) is 7.71. The zero-order valence-corrected chi connectivity index (χ0v) is 14.2. The van der Waals surface area contributed by atoms with Gasteiger partial charge in [-0.25, -0.2) is 4.98 Å². The van der Waals surface area contributed by atoms with Crippen LogP contribution in [0.2, 0.25) is 0 Å². The maximum absolute atomic E-state index is 4.73. The van der Waals surface area contributed by atoms with Gasteiger partial charge in [-0.1, -0.05) is 39.0 Å². The Morgan fingerprint density at radius 3 is 2.60 bits per heavy atom. The van der Waals surface area contributed by atoms with Crippen molar-refractivity contribution < 1.29 is 0 Å². The molecule has 0 aromatic carbocycles. The third-order valence-electron chi connectivity index (χ3n) is 4.52. The van der Waals surface area contributed by atoms with Gasteiger partial charge in [0, 0.05) is 17.3 Å². The van der Waals surface area contributed by atoms with Crippen LogP contribution in [0.25, 0.3) is 0 Å². The van der Waals surface area contributed by atoms with Crippen molar-refractivity contribution in [3.8, 4) is 0 Å². The van der Waals surface area contributed by atoms with Crippen molar-refractivity contribution >= 4 is 11.3 Å². The molecule has 1 atom stereocenters. The van der Waals surface area contributed by atoms with Crippen LogP contribution >= 0.6 is 11.3 Å². The van der Waals surface area contributed by atoms with Crippen LogP contribution in [0, 0.1) is 19.8 Å². The van der Waals surface area contributed by atoms with E-state index in [0.717, 1.165) is 18.9 Å². The number of aryl methyl sites for hydroxylation is 2. The van der Waals surface area contributed by atoms with Gasteiger partial charge in [-0.05, 0) is 39.2 Å². The molecule has 0 spiro atoms. The van der Waals surface area contributed by atoms with Gasteiger partial charge in [0.1, 0.15) is 0 Å². The van der Waals surface area contributed by atoms with Crippen LogP contribution in [-0.4, -0.2) is 17.6 Å². The number of aromatic nitrogens is 1. The largest absolute Gasteiger partial charge is 0.314 e. The zero-order chi connectivity index (χ0) is 14.4. The van der Waals surface area contributed by atoms with Gasteiger partial charge >= 0.3 is 0 Å². The number of thiazole rings is 1.